The van der Waals surface area contributed by atoms with Gasteiger partial charge < -0.3 is 14.6 Å². The molecular weight excluding hydrogens is 236 g/mol. The standard InChI is InChI=1S/C13H18O3S/c1-9-7-13(14,8-17-9)12-10(15-2)5-4-6-11(12)16-3/h4-6,9,14H,7-8H2,1-3H3. The molecule has 1 aromatic carbocycles. The Hall–Kier alpha value is -0.870. The molecule has 1 aliphatic rings. The average Bonchev–Trinajstić information content (AvgIpc) is 2.69. The van der Waals surface area contributed by atoms with Gasteiger partial charge in [-0.2, -0.15) is 11.8 Å². The molecule has 1 heterocycles. The van der Waals surface area contributed by atoms with Crippen LogP contribution in [0.3, 0.4) is 0 Å². The van der Waals surface area contributed by atoms with Crippen molar-refractivity contribution >= 4 is 11.8 Å². The fraction of sp³-hybridized carbons (Fsp3) is 0.538. The quantitative estimate of drug-likeness (QED) is 0.899. The minimum absolute atomic E-state index is 0.453. The molecule has 1 saturated heterocycles. The van der Waals surface area contributed by atoms with E-state index in [0.29, 0.717) is 22.5 Å². The second-order valence-electron chi connectivity index (χ2n) is 4.39. The lowest BCUT2D eigenvalue weighted by atomic mass is 9.90. The number of rotatable bonds is 3. The van der Waals surface area contributed by atoms with Crippen molar-refractivity contribution in [1.82, 2.24) is 0 Å². The van der Waals surface area contributed by atoms with Crippen molar-refractivity contribution < 1.29 is 14.6 Å². The maximum absolute atomic E-state index is 10.8. The summed E-state index contributed by atoms with van der Waals surface area (Å²) in [6.45, 7) is 2.13. The highest BCUT2D eigenvalue weighted by atomic mass is 32.2. The zero-order valence-corrected chi connectivity index (χ0v) is 11.2. The number of hydrogen-bond donors (Lipinski definition) is 1. The predicted molar refractivity (Wildman–Crippen MR) is 70.0 cm³/mol. The van der Waals surface area contributed by atoms with Crippen LogP contribution in [0.5, 0.6) is 11.5 Å². The van der Waals surface area contributed by atoms with Gasteiger partial charge in [-0.25, -0.2) is 0 Å². The van der Waals surface area contributed by atoms with Gasteiger partial charge in [-0.1, -0.05) is 13.0 Å². The van der Waals surface area contributed by atoms with Crippen LogP contribution in [0.2, 0.25) is 0 Å². The molecule has 2 unspecified atom stereocenters. The van der Waals surface area contributed by atoms with Crippen LogP contribution in [0.25, 0.3) is 0 Å². The zero-order valence-electron chi connectivity index (χ0n) is 10.4. The fourth-order valence-electron chi connectivity index (χ4n) is 2.36. The van der Waals surface area contributed by atoms with Crippen LogP contribution < -0.4 is 9.47 Å². The second kappa shape index (κ2) is 4.78. The SMILES string of the molecule is COc1cccc(OC)c1C1(O)CSC(C)C1. The van der Waals surface area contributed by atoms with E-state index in [4.69, 9.17) is 9.47 Å². The van der Waals surface area contributed by atoms with Gasteiger partial charge >= 0.3 is 0 Å². The highest BCUT2D eigenvalue weighted by Crippen LogP contribution is 2.47. The van der Waals surface area contributed by atoms with Crippen molar-refractivity contribution in [1.29, 1.82) is 0 Å². The van der Waals surface area contributed by atoms with E-state index < -0.39 is 5.60 Å². The summed E-state index contributed by atoms with van der Waals surface area (Å²) in [6.07, 6.45) is 0.731. The first-order valence-electron chi connectivity index (χ1n) is 5.66. The molecule has 0 radical (unpaired) electrons. The molecular formula is C13H18O3S. The molecule has 4 heteroatoms. The van der Waals surface area contributed by atoms with Crippen LogP contribution in [0.1, 0.15) is 18.9 Å². The van der Waals surface area contributed by atoms with E-state index >= 15 is 0 Å². The van der Waals surface area contributed by atoms with Crippen molar-refractivity contribution in [2.75, 3.05) is 20.0 Å². The Bertz CT molecular complexity index is 385. The largest absolute Gasteiger partial charge is 0.496 e. The summed E-state index contributed by atoms with van der Waals surface area (Å²) in [4.78, 5) is 0. The number of ether oxygens (including phenoxy) is 2. The maximum Gasteiger partial charge on any atom is 0.128 e. The summed E-state index contributed by atoms with van der Waals surface area (Å²) in [5.41, 5.74) is -0.0657. The Labute approximate surface area is 106 Å². The number of hydrogen-bond acceptors (Lipinski definition) is 4. The van der Waals surface area contributed by atoms with Crippen LogP contribution in [-0.2, 0) is 5.60 Å². The van der Waals surface area contributed by atoms with Crippen LogP contribution >= 0.6 is 11.8 Å². The highest BCUT2D eigenvalue weighted by Gasteiger charge is 2.41. The molecule has 17 heavy (non-hydrogen) atoms. The Balaban J connectivity index is 2.49. The number of methoxy groups -OCH3 is 2. The molecule has 0 spiro atoms. The molecule has 2 atom stereocenters. The summed E-state index contributed by atoms with van der Waals surface area (Å²) in [7, 11) is 3.24. The van der Waals surface area contributed by atoms with Crippen LogP contribution in [-0.4, -0.2) is 30.3 Å². The van der Waals surface area contributed by atoms with E-state index in [0.717, 1.165) is 12.0 Å². The highest BCUT2D eigenvalue weighted by molar-refractivity contribution is 8.00. The van der Waals surface area contributed by atoms with Gasteiger partial charge in [0.25, 0.3) is 0 Å². The molecule has 3 nitrogen and oxygen atoms in total. The predicted octanol–water partition coefficient (Wildman–Crippen LogP) is 2.42. The van der Waals surface area contributed by atoms with Crippen molar-refractivity contribution in [3.05, 3.63) is 23.8 Å². The molecule has 0 amide bonds. The van der Waals surface area contributed by atoms with Crippen molar-refractivity contribution in [3.63, 3.8) is 0 Å². The fourth-order valence-corrected chi connectivity index (χ4v) is 3.57. The Morgan fingerprint density at radius 3 is 2.29 bits per heavy atom. The average molecular weight is 254 g/mol. The molecule has 1 fully saturated rings. The van der Waals surface area contributed by atoms with Gasteiger partial charge in [-0.05, 0) is 18.6 Å². The third-order valence-electron chi connectivity index (χ3n) is 3.12. The minimum atomic E-state index is -0.845. The van der Waals surface area contributed by atoms with Gasteiger partial charge in [0.2, 0.25) is 0 Å². The summed E-state index contributed by atoms with van der Waals surface area (Å²) >= 11 is 1.78. The summed E-state index contributed by atoms with van der Waals surface area (Å²) in [5.74, 6) is 2.08. The van der Waals surface area contributed by atoms with E-state index in [2.05, 4.69) is 6.92 Å². The van der Waals surface area contributed by atoms with E-state index in [1.54, 1.807) is 26.0 Å². The molecule has 0 aromatic heterocycles. The molecule has 94 valence electrons. The lowest BCUT2D eigenvalue weighted by Crippen LogP contribution is -2.27. The van der Waals surface area contributed by atoms with E-state index in [-0.39, 0.29) is 0 Å². The maximum atomic E-state index is 10.8. The van der Waals surface area contributed by atoms with Crippen molar-refractivity contribution in [3.8, 4) is 11.5 Å². The topological polar surface area (TPSA) is 38.7 Å². The summed E-state index contributed by atoms with van der Waals surface area (Å²) in [5, 5.41) is 11.2. The lowest BCUT2D eigenvalue weighted by Gasteiger charge is -2.26. The smallest absolute Gasteiger partial charge is 0.128 e. The van der Waals surface area contributed by atoms with Crippen molar-refractivity contribution in [2.45, 2.75) is 24.2 Å². The van der Waals surface area contributed by atoms with Crippen molar-refractivity contribution in [2.24, 2.45) is 0 Å². The van der Waals surface area contributed by atoms with Crippen LogP contribution in [0, 0.1) is 0 Å². The molecule has 1 aliphatic heterocycles. The molecule has 1 N–H and O–H groups in total. The first-order chi connectivity index (χ1) is 8.10. The normalized spacial score (nSPS) is 28.1. The van der Waals surface area contributed by atoms with E-state index in [9.17, 15) is 5.11 Å². The van der Waals surface area contributed by atoms with E-state index in [1.165, 1.54) is 0 Å². The Morgan fingerprint density at radius 1 is 1.29 bits per heavy atom. The van der Waals surface area contributed by atoms with Gasteiger partial charge in [0.1, 0.15) is 17.1 Å². The van der Waals surface area contributed by atoms with Gasteiger partial charge in [-0.15, -0.1) is 0 Å². The van der Waals surface area contributed by atoms with Gasteiger partial charge in [0, 0.05) is 11.0 Å². The number of benzene rings is 1. The molecule has 0 saturated carbocycles. The Kier molecular flexibility index (Phi) is 3.54. The Morgan fingerprint density at radius 2 is 1.88 bits per heavy atom. The minimum Gasteiger partial charge on any atom is -0.496 e. The third-order valence-corrected chi connectivity index (χ3v) is 4.50. The first kappa shape index (κ1) is 12.6. The number of aliphatic hydroxyl groups is 1. The molecule has 2 rings (SSSR count). The first-order valence-corrected chi connectivity index (χ1v) is 6.71. The molecule has 1 aromatic rings. The van der Waals surface area contributed by atoms with Crippen LogP contribution in [0.4, 0.5) is 0 Å². The monoisotopic (exact) mass is 254 g/mol. The van der Waals surface area contributed by atoms with E-state index in [1.807, 2.05) is 18.2 Å². The third kappa shape index (κ3) is 2.24. The van der Waals surface area contributed by atoms with Gasteiger partial charge in [0.05, 0.1) is 19.8 Å². The van der Waals surface area contributed by atoms with Gasteiger partial charge in [0.15, 0.2) is 0 Å². The summed E-state index contributed by atoms with van der Waals surface area (Å²) < 4.78 is 10.7. The van der Waals surface area contributed by atoms with Crippen LogP contribution in [0.15, 0.2) is 18.2 Å². The lowest BCUT2D eigenvalue weighted by molar-refractivity contribution is 0.0557. The molecule has 0 aliphatic carbocycles. The second-order valence-corrected chi connectivity index (χ2v) is 5.82. The zero-order chi connectivity index (χ0) is 12.5. The van der Waals surface area contributed by atoms with Gasteiger partial charge in [-0.3, -0.25) is 0 Å². The number of thioether (sulfide) groups is 1. The summed E-state index contributed by atoms with van der Waals surface area (Å²) in [6, 6.07) is 5.60. The molecule has 0 bridgehead atoms.